The van der Waals surface area contributed by atoms with Gasteiger partial charge in [-0.1, -0.05) is 0 Å². The molecule has 0 saturated carbocycles. The fourth-order valence-corrected chi connectivity index (χ4v) is 0.538. The standard InChI is InChI=1S/C6H5NO.C4H10O2/c8-5-6-1-3-7-4-2-6;1-4(5-2)6-3/h1-5H;4H,1-3H3. The molecule has 0 spiro atoms. The van der Waals surface area contributed by atoms with Gasteiger partial charge in [0.05, 0.1) is 0 Å². The SMILES string of the molecule is COC(C)OC.O=Cc1ccncc1. The van der Waals surface area contributed by atoms with Crippen LogP contribution in [0, 0.1) is 0 Å². The molecule has 0 atom stereocenters. The first kappa shape index (κ1) is 12.7. The first-order valence-electron chi connectivity index (χ1n) is 4.15. The number of aromatic nitrogens is 1. The Balaban J connectivity index is 0.000000255. The fraction of sp³-hybridized carbons (Fsp3) is 0.400. The molecule has 0 bridgehead atoms. The van der Waals surface area contributed by atoms with E-state index < -0.39 is 0 Å². The summed E-state index contributed by atoms with van der Waals surface area (Å²) < 4.78 is 9.35. The quantitative estimate of drug-likeness (QED) is 0.544. The Morgan fingerprint density at radius 3 is 2.00 bits per heavy atom. The van der Waals surface area contributed by atoms with Gasteiger partial charge >= 0.3 is 0 Å². The molecule has 0 aliphatic rings. The maximum Gasteiger partial charge on any atom is 0.154 e. The van der Waals surface area contributed by atoms with Crippen LogP contribution in [-0.4, -0.2) is 31.8 Å². The number of carbonyl (C=O) groups is 1. The van der Waals surface area contributed by atoms with Gasteiger partial charge < -0.3 is 9.47 Å². The first-order chi connectivity index (χ1) is 6.74. The Morgan fingerprint density at radius 2 is 1.79 bits per heavy atom. The number of nitrogens with zero attached hydrogens (tertiary/aromatic N) is 1. The van der Waals surface area contributed by atoms with Crippen LogP contribution in [0.3, 0.4) is 0 Å². The van der Waals surface area contributed by atoms with Gasteiger partial charge in [0.2, 0.25) is 0 Å². The van der Waals surface area contributed by atoms with E-state index in [0.717, 1.165) is 6.29 Å². The fourth-order valence-electron chi connectivity index (χ4n) is 0.538. The third kappa shape index (κ3) is 6.28. The highest BCUT2D eigenvalue weighted by atomic mass is 16.7. The van der Waals surface area contributed by atoms with Gasteiger partial charge in [0.15, 0.2) is 6.29 Å². The van der Waals surface area contributed by atoms with Crippen molar-refractivity contribution in [1.29, 1.82) is 0 Å². The molecule has 1 rings (SSSR count). The van der Waals surface area contributed by atoms with Crippen LogP contribution in [0.25, 0.3) is 0 Å². The Kier molecular flexibility index (Phi) is 7.59. The van der Waals surface area contributed by atoms with Crippen LogP contribution in [0.2, 0.25) is 0 Å². The maximum atomic E-state index is 9.98. The summed E-state index contributed by atoms with van der Waals surface area (Å²) in [6.07, 6.45) is 3.90. The molecule has 0 unspecified atom stereocenters. The number of ether oxygens (including phenoxy) is 2. The number of pyridine rings is 1. The predicted molar refractivity (Wildman–Crippen MR) is 53.1 cm³/mol. The molecule has 1 aromatic rings. The van der Waals surface area contributed by atoms with E-state index in [1.807, 2.05) is 6.92 Å². The van der Waals surface area contributed by atoms with E-state index in [1.54, 1.807) is 38.7 Å². The summed E-state index contributed by atoms with van der Waals surface area (Å²) in [6, 6.07) is 3.32. The summed E-state index contributed by atoms with van der Waals surface area (Å²) in [5.41, 5.74) is 0.667. The van der Waals surface area contributed by atoms with Crippen molar-refractivity contribution >= 4 is 6.29 Å². The molecule has 4 heteroatoms. The first-order valence-corrected chi connectivity index (χ1v) is 4.15. The Bertz CT molecular complexity index is 234. The second kappa shape index (κ2) is 8.34. The molecule has 0 aliphatic carbocycles. The molecule has 0 amide bonds. The van der Waals surface area contributed by atoms with Gasteiger partial charge in [-0.3, -0.25) is 9.78 Å². The average Bonchev–Trinajstić information content (AvgIpc) is 2.30. The van der Waals surface area contributed by atoms with E-state index >= 15 is 0 Å². The zero-order chi connectivity index (χ0) is 10.8. The number of carbonyl (C=O) groups excluding carboxylic acids is 1. The van der Waals surface area contributed by atoms with Crippen LogP contribution in [0.1, 0.15) is 17.3 Å². The van der Waals surface area contributed by atoms with Crippen molar-refractivity contribution in [3.8, 4) is 0 Å². The van der Waals surface area contributed by atoms with Crippen molar-refractivity contribution in [1.82, 2.24) is 4.98 Å². The third-order valence-corrected chi connectivity index (χ3v) is 1.51. The topological polar surface area (TPSA) is 48.4 Å². The molecular formula is C10H15NO3. The van der Waals surface area contributed by atoms with Crippen LogP contribution in [0.15, 0.2) is 24.5 Å². The lowest BCUT2D eigenvalue weighted by Crippen LogP contribution is -2.05. The van der Waals surface area contributed by atoms with Gasteiger partial charge in [0, 0.05) is 32.2 Å². The maximum absolute atomic E-state index is 9.98. The van der Waals surface area contributed by atoms with E-state index in [-0.39, 0.29) is 6.29 Å². The summed E-state index contributed by atoms with van der Waals surface area (Å²) in [7, 11) is 3.21. The predicted octanol–water partition coefficient (Wildman–Crippen LogP) is 1.52. The van der Waals surface area contributed by atoms with E-state index in [1.165, 1.54) is 0 Å². The largest absolute Gasteiger partial charge is 0.356 e. The molecule has 0 saturated heterocycles. The number of aldehydes is 1. The summed E-state index contributed by atoms with van der Waals surface area (Å²) in [6.45, 7) is 1.83. The van der Waals surface area contributed by atoms with Crippen LogP contribution in [0.5, 0.6) is 0 Å². The van der Waals surface area contributed by atoms with Crippen LogP contribution in [0.4, 0.5) is 0 Å². The normalized spacial score (nSPS) is 9.14. The van der Waals surface area contributed by atoms with Crippen molar-refractivity contribution < 1.29 is 14.3 Å². The van der Waals surface area contributed by atoms with Crippen molar-refractivity contribution in [2.75, 3.05) is 14.2 Å². The van der Waals surface area contributed by atoms with Crippen LogP contribution < -0.4 is 0 Å². The van der Waals surface area contributed by atoms with Gasteiger partial charge in [-0.05, 0) is 19.1 Å². The lowest BCUT2D eigenvalue weighted by atomic mass is 10.3. The number of rotatable bonds is 3. The second-order valence-corrected chi connectivity index (χ2v) is 2.44. The lowest BCUT2D eigenvalue weighted by Gasteiger charge is -2.03. The number of hydrogen-bond acceptors (Lipinski definition) is 4. The van der Waals surface area contributed by atoms with E-state index in [0.29, 0.717) is 5.56 Å². The Morgan fingerprint density at radius 1 is 1.29 bits per heavy atom. The Labute approximate surface area is 83.9 Å². The van der Waals surface area contributed by atoms with Gasteiger partial charge in [-0.25, -0.2) is 0 Å². The molecule has 1 aromatic heterocycles. The van der Waals surface area contributed by atoms with Gasteiger partial charge in [-0.2, -0.15) is 0 Å². The molecule has 0 aromatic carbocycles. The summed E-state index contributed by atoms with van der Waals surface area (Å²) in [5, 5.41) is 0. The summed E-state index contributed by atoms with van der Waals surface area (Å²) in [4.78, 5) is 13.7. The van der Waals surface area contributed by atoms with Crippen LogP contribution >= 0.6 is 0 Å². The highest BCUT2D eigenvalue weighted by Gasteiger charge is 1.87. The van der Waals surface area contributed by atoms with Crippen molar-refractivity contribution in [2.45, 2.75) is 13.2 Å². The minimum absolute atomic E-state index is 0.0648. The van der Waals surface area contributed by atoms with Crippen molar-refractivity contribution in [2.24, 2.45) is 0 Å². The van der Waals surface area contributed by atoms with Crippen molar-refractivity contribution in [3.63, 3.8) is 0 Å². The molecular weight excluding hydrogens is 182 g/mol. The highest BCUT2D eigenvalue weighted by Crippen LogP contribution is 1.88. The smallest absolute Gasteiger partial charge is 0.154 e. The van der Waals surface area contributed by atoms with E-state index in [4.69, 9.17) is 0 Å². The van der Waals surface area contributed by atoms with Crippen molar-refractivity contribution in [3.05, 3.63) is 30.1 Å². The Hall–Kier alpha value is -1.26. The molecule has 0 radical (unpaired) electrons. The zero-order valence-electron chi connectivity index (χ0n) is 8.64. The number of hydrogen-bond donors (Lipinski definition) is 0. The van der Waals surface area contributed by atoms with Gasteiger partial charge in [0.25, 0.3) is 0 Å². The molecule has 0 N–H and O–H groups in total. The van der Waals surface area contributed by atoms with Gasteiger partial charge in [-0.15, -0.1) is 0 Å². The average molecular weight is 197 g/mol. The minimum Gasteiger partial charge on any atom is -0.356 e. The summed E-state index contributed by atoms with van der Waals surface area (Å²) in [5.74, 6) is 0. The third-order valence-electron chi connectivity index (χ3n) is 1.51. The molecule has 4 nitrogen and oxygen atoms in total. The zero-order valence-corrected chi connectivity index (χ0v) is 8.64. The molecule has 1 heterocycles. The monoisotopic (exact) mass is 197 g/mol. The number of methoxy groups -OCH3 is 2. The van der Waals surface area contributed by atoms with Gasteiger partial charge in [0.1, 0.15) is 6.29 Å². The minimum atomic E-state index is -0.0648. The molecule has 0 fully saturated rings. The van der Waals surface area contributed by atoms with Crippen LogP contribution in [-0.2, 0) is 9.47 Å². The molecule has 0 aliphatic heterocycles. The summed E-state index contributed by atoms with van der Waals surface area (Å²) >= 11 is 0. The van der Waals surface area contributed by atoms with E-state index in [9.17, 15) is 4.79 Å². The lowest BCUT2D eigenvalue weighted by molar-refractivity contribution is -0.0877. The molecule has 78 valence electrons. The molecule has 14 heavy (non-hydrogen) atoms. The second-order valence-electron chi connectivity index (χ2n) is 2.44. The highest BCUT2D eigenvalue weighted by molar-refractivity contribution is 5.73. The van der Waals surface area contributed by atoms with E-state index in [2.05, 4.69) is 14.5 Å².